The summed E-state index contributed by atoms with van der Waals surface area (Å²) in [6.45, 7) is 8.71. The predicted octanol–water partition coefficient (Wildman–Crippen LogP) is 3.72. The number of thiazole rings is 1. The number of aliphatic hydroxyl groups excluding tert-OH is 1. The molecule has 3 aromatic heterocycles. The number of nitrogens with zero attached hydrogens (tertiary/aromatic N) is 5. The topological polar surface area (TPSA) is 135 Å². The molecule has 1 aromatic carbocycles. The van der Waals surface area contributed by atoms with E-state index in [-0.39, 0.29) is 6.03 Å². The zero-order valence-corrected chi connectivity index (χ0v) is 22.7. The highest BCUT2D eigenvalue weighted by molar-refractivity contribution is 7.22. The molecule has 0 bridgehead atoms. The quantitative estimate of drug-likeness (QED) is 0.285. The molecule has 4 heterocycles. The molecule has 11 nitrogen and oxygen atoms in total. The van der Waals surface area contributed by atoms with Crippen LogP contribution in [0.5, 0.6) is 5.75 Å². The molecule has 0 saturated carbocycles. The van der Waals surface area contributed by atoms with Gasteiger partial charge in [0.2, 0.25) is 0 Å². The third kappa shape index (κ3) is 6.66. The maximum atomic E-state index is 12.1. The molecule has 3 N–H and O–H groups in total. The van der Waals surface area contributed by atoms with Crippen molar-refractivity contribution in [3.63, 3.8) is 0 Å². The van der Waals surface area contributed by atoms with Gasteiger partial charge in [0.15, 0.2) is 11.0 Å². The van der Waals surface area contributed by atoms with Crippen LogP contribution in [-0.2, 0) is 4.74 Å². The number of benzene rings is 1. The summed E-state index contributed by atoms with van der Waals surface area (Å²) in [4.78, 5) is 32.4. The van der Waals surface area contributed by atoms with E-state index in [0.717, 1.165) is 65.7 Å². The van der Waals surface area contributed by atoms with Crippen LogP contribution in [-0.4, -0.2) is 82.0 Å². The van der Waals surface area contributed by atoms with Crippen LogP contribution in [0.25, 0.3) is 32.6 Å². The summed E-state index contributed by atoms with van der Waals surface area (Å²) in [5.74, 6) is 1.08. The Balaban J connectivity index is 1.47. The van der Waals surface area contributed by atoms with Gasteiger partial charge in [0.25, 0.3) is 0 Å². The first-order valence-electron chi connectivity index (χ1n) is 12.9. The molecule has 4 aromatic rings. The molecule has 1 aliphatic rings. The van der Waals surface area contributed by atoms with E-state index in [1.807, 2.05) is 31.2 Å². The maximum absolute atomic E-state index is 12.1. The minimum Gasteiger partial charge on any atom is -0.492 e. The Labute approximate surface area is 230 Å². The van der Waals surface area contributed by atoms with Crippen molar-refractivity contribution < 1.29 is 19.4 Å². The number of pyridine rings is 1. The average Bonchev–Trinajstić information content (AvgIpc) is 3.35. The zero-order chi connectivity index (χ0) is 27.2. The highest BCUT2D eigenvalue weighted by Gasteiger charge is 2.17. The van der Waals surface area contributed by atoms with Crippen molar-refractivity contribution in [2.45, 2.75) is 20.0 Å². The van der Waals surface area contributed by atoms with Gasteiger partial charge in [0.05, 0.1) is 29.1 Å². The summed E-state index contributed by atoms with van der Waals surface area (Å²) in [6.07, 6.45) is 4.33. The van der Waals surface area contributed by atoms with E-state index in [0.29, 0.717) is 29.6 Å². The van der Waals surface area contributed by atoms with Gasteiger partial charge < -0.3 is 19.9 Å². The van der Waals surface area contributed by atoms with Gasteiger partial charge in [0.1, 0.15) is 18.5 Å². The van der Waals surface area contributed by atoms with Crippen LogP contribution >= 0.6 is 11.3 Å². The first kappa shape index (κ1) is 26.9. The Kier molecular flexibility index (Phi) is 8.57. The Morgan fingerprint density at radius 3 is 2.72 bits per heavy atom. The number of hydrogen-bond donors (Lipinski definition) is 3. The molecular formula is C27H31N7O4S. The van der Waals surface area contributed by atoms with E-state index in [4.69, 9.17) is 9.47 Å². The summed E-state index contributed by atoms with van der Waals surface area (Å²) in [7, 11) is 0. The minimum atomic E-state index is -0.756. The van der Waals surface area contributed by atoms with E-state index >= 15 is 0 Å². The number of anilines is 1. The SMILES string of the molecule is CCNC(=O)Nc1nc2cc(-c3cnc(C(C)O)nc3)cc(-c3cc(OCCN4CCOCC4)ccn3)c2s1. The van der Waals surface area contributed by atoms with Crippen LogP contribution < -0.4 is 15.4 Å². The number of aromatic nitrogens is 4. The Morgan fingerprint density at radius 1 is 1.18 bits per heavy atom. The van der Waals surface area contributed by atoms with E-state index in [9.17, 15) is 9.90 Å². The molecule has 0 aliphatic carbocycles. The van der Waals surface area contributed by atoms with Crippen molar-refractivity contribution in [1.82, 2.24) is 30.2 Å². The third-order valence-electron chi connectivity index (χ3n) is 6.21. The van der Waals surface area contributed by atoms with Crippen molar-refractivity contribution in [2.75, 3.05) is 51.3 Å². The molecule has 1 aliphatic heterocycles. The smallest absolute Gasteiger partial charge is 0.321 e. The molecule has 0 radical (unpaired) electrons. The molecule has 0 spiro atoms. The summed E-state index contributed by atoms with van der Waals surface area (Å²) >= 11 is 1.38. The number of morpholine rings is 1. The Bertz CT molecular complexity index is 1420. The summed E-state index contributed by atoms with van der Waals surface area (Å²) in [5, 5.41) is 15.8. The number of fused-ring (bicyclic) bond motifs is 1. The molecule has 1 fully saturated rings. The average molecular weight is 550 g/mol. The summed E-state index contributed by atoms with van der Waals surface area (Å²) in [5.41, 5.74) is 3.89. The standard InChI is InChI=1S/C27H31N7O4S/c1-3-28-26(36)33-27-32-23-13-18(19-15-30-25(17(2)35)31-16-19)12-21(24(23)39-27)22-14-20(4-5-29-22)38-11-8-34-6-9-37-10-7-34/h4-5,12-17,35H,3,6-11H2,1-2H3,(H2,28,32,33,36). The number of urea groups is 1. The fraction of sp³-hybridized carbons (Fsp3) is 0.370. The number of amides is 2. The fourth-order valence-electron chi connectivity index (χ4n) is 4.21. The van der Waals surface area contributed by atoms with Crippen LogP contribution in [0.2, 0.25) is 0 Å². The fourth-order valence-corrected chi connectivity index (χ4v) is 5.18. The van der Waals surface area contributed by atoms with Crippen LogP contribution in [0.15, 0.2) is 42.9 Å². The molecule has 204 valence electrons. The monoisotopic (exact) mass is 549 g/mol. The molecule has 39 heavy (non-hydrogen) atoms. The molecule has 12 heteroatoms. The lowest BCUT2D eigenvalue weighted by Crippen LogP contribution is -2.38. The molecule has 2 amide bonds. The van der Waals surface area contributed by atoms with Gasteiger partial charge in [-0.25, -0.2) is 19.7 Å². The van der Waals surface area contributed by atoms with Crippen molar-refractivity contribution >= 4 is 32.7 Å². The highest BCUT2D eigenvalue weighted by Crippen LogP contribution is 2.38. The molecule has 5 rings (SSSR count). The molecule has 1 saturated heterocycles. The van der Waals surface area contributed by atoms with Gasteiger partial charge in [-0.15, -0.1) is 0 Å². The number of hydrogen-bond acceptors (Lipinski definition) is 10. The van der Waals surface area contributed by atoms with Crippen LogP contribution in [0.3, 0.4) is 0 Å². The third-order valence-corrected chi connectivity index (χ3v) is 7.23. The van der Waals surface area contributed by atoms with Gasteiger partial charge in [-0.1, -0.05) is 11.3 Å². The second kappa shape index (κ2) is 12.4. The van der Waals surface area contributed by atoms with Crippen molar-refractivity contribution in [3.05, 3.63) is 48.7 Å². The Hall–Kier alpha value is -3.71. The van der Waals surface area contributed by atoms with Gasteiger partial charge in [0, 0.05) is 62.0 Å². The van der Waals surface area contributed by atoms with Crippen LogP contribution in [0, 0.1) is 0 Å². The second-order valence-electron chi connectivity index (χ2n) is 9.06. The Morgan fingerprint density at radius 2 is 1.97 bits per heavy atom. The summed E-state index contributed by atoms with van der Waals surface area (Å²) < 4.78 is 12.4. The molecule has 1 atom stereocenters. The van der Waals surface area contributed by atoms with Crippen molar-refractivity contribution in [3.8, 4) is 28.1 Å². The lowest BCUT2D eigenvalue weighted by molar-refractivity contribution is 0.0322. The van der Waals surface area contributed by atoms with E-state index in [1.54, 1.807) is 25.5 Å². The highest BCUT2D eigenvalue weighted by atomic mass is 32.1. The minimum absolute atomic E-state index is 0.311. The maximum Gasteiger partial charge on any atom is 0.321 e. The predicted molar refractivity (Wildman–Crippen MR) is 150 cm³/mol. The van der Waals surface area contributed by atoms with Gasteiger partial charge >= 0.3 is 6.03 Å². The van der Waals surface area contributed by atoms with E-state index < -0.39 is 6.10 Å². The number of rotatable bonds is 9. The van der Waals surface area contributed by atoms with Crippen LogP contribution in [0.4, 0.5) is 9.93 Å². The summed E-state index contributed by atoms with van der Waals surface area (Å²) in [6, 6.07) is 7.40. The van der Waals surface area contributed by atoms with Gasteiger partial charge in [-0.3, -0.25) is 15.2 Å². The van der Waals surface area contributed by atoms with Gasteiger partial charge in [-0.2, -0.15) is 0 Å². The van der Waals surface area contributed by atoms with E-state index in [1.165, 1.54) is 11.3 Å². The lowest BCUT2D eigenvalue weighted by atomic mass is 10.0. The molecular weight excluding hydrogens is 518 g/mol. The van der Waals surface area contributed by atoms with Gasteiger partial charge in [-0.05, 0) is 37.6 Å². The number of carbonyl (C=O) groups excluding carboxylic acids is 1. The second-order valence-corrected chi connectivity index (χ2v) is 10.1. The first-order valence-corrected chi connectivity index (χ1v) is 13.7. The van der Waals surface area contributed by atoms with E-state index in [2.05, 4.69) is 35.5 Å². The van der Waals surface area contributed by atoms with Crippen molar-refractivity contribution in [2.24, 2.45) is 0 Å². The number of aliphatic hydroxyl groups is 1. The first-order chi connectivity index (χ1) is 19.0. The normalized spacial score (nSPS) is 14.7. The van der Waals surface area contributed by atoms with Crippen LogP contribution in [0.1, 0.15) is 25.8 Å². The number of carbonyl (C=O) groups is 1. The lowest BCUT2D eigenvalue weighted by Gasteiger charge is -2.26. The molecule has 1 unspecified atom stereocenters. The number of ether oxygens (including phenoxy) is 2. The number of nitrogens with one attached hydrogen (secondary N) is 2. The zero-order valence-electron chi connectivity index (χ0n) is 21.9. The largest absolute Gasteiger partial charge is 0.492 e. The van der Waals surface area contributed by atoms with Crippen molar-refractivity contribution in [1.29, 1.82) is 0 Å².